The van der Waals surface area contributed by atoms with Crippen molar-refractivity contribution in [2.75, 3.05) is 11.9 Å². The molecule has 0 radical (unpaired) electrons. The molecule has 4 heteroatoms. The third-order valence-corrected chi connectivity index (χ3v) is 3.95. The first kappa shape index (κ1) is 14.6. The molecule has 1 amide bonds. The Morgan fingerprint density at radius 3 is 2.68 bits per heavy atom. The van der Waals surface area contributed by atoms with Gasteiger partial charge in [-0.25, -0.2) is 0 Å². The normalized spacial score (nSPS) is 18.0. The minimum absolute atomic E-state index is 0.00648. The van der Waals surface area contributed by atoms with Crippen molar-refractivity contribution in [1.82, 2.24) is 0 Å². The van der Waals surface area contributed by atoms with Crippen LogP contribution in [-0.4, -0.2) is 12.5 Å². The van der Waals surface area contributed by atoms with Crippen molar-refractivity contribution in [3.63, 3.8) is 0 Å². The van der Waals surface area contributed by atoms with Crippen LogP contribution in [-0.2, 0) is 11.2 Å². The van der Waals surface area contributed by atoms with Crippen molar-refractivity contribution in [1.29, 1.82) is 0 Å². The van der Waals surface area contributed by atoms with E-state index in [-0.39, 0.29) is 17.9 Å². The monoisotopic (exact) mass is 296 g/mol. The number of benzene rings is 2. The molecule has 0 saturated heterocycles. The Morgan fingerprint density at radius 1 is 1.23 bits per heavy atom. The van der Waals surface area contributed by atoms with Crippen molar-refractivity contribution < 1.29 is 9.53 Å². The average Bonchev–Trinajstić information content (AvgIpc) is 2.55. The Balaban J connectivity index is 1.65. The van der Waals surface area contributed by atoms with E-state index in [1.54, 1.807) is 0 Å². The number of amides is 1. The van der Waals surface area contributed by atoms with Crippen LogP contribution in [0.25, 0.3) is 0 Å². The van der Waals surface area contributed by atoms with E-state index < -0.39 is 0 Å². The van der Waals surface area contributed by atoms with Gasteiger partial charge in [0.2, 0.25) is 5.91 Å². The highest BCUT2D eigenvalue weighted by molar-refractivity contribution is 5.93. The van der Waals surface area contributed by atoms with Crippen LogP contribution in [0.4, 0.5) is 5.69 Å². The number of para-hydroxylation sites is 1. The zero-order valence-corrected chi connectivity index (χ0v) is 12.6. The first-order valence-electron chi connectivity index (χ1n) is 7.50. The fourth-order valence-electron chi connectivity index (χ4n) is 2.61. The predicted octanol–water partition coefficient (Wildman–Crippen LogP) is 2.90. The smallest absolute Gasteiger partial charge is 0.231 e. The summed E-state index contributed by atoms with van der Waals surface area (Å²) in [6.45, 7) is 2.35. The van der Waals surface area contributed by atoms with Crippen LogP contribution >= 0.6 is 0 Å². The van der Waals surface area contributed by atoms with E-state index in [1.165, 1.54) is 0 Å². The number of carbonyl (C=O) groups excluding carboxylic acids is 1. The summed E-state index contributed by atoms with van der Waals surface area (Å²) in [6, 6.07) is 15.5. The lowest BCUT2D eigenvalue weighted by molar-refractivity contribution is -0.121. The Kier molecular flexibility index (Phi) is 4.11. The van der Waals surface area contributed by atoms with Crippen LogP contribution in [0.5, 0.6) is 5.75 Å². The topological polar surface area (TPSA) is 64.3 Å². The highest BCUT2D eigenvalue weighted by Crippen LogP contribution is 2.27. The molecule has 2 atom stereocenters. The van der Waals surface area contributed by atoms with E-state index in [2.05, 4.69) is 5.32 Å². The molecule has 0 aliphatic carbocycles. The summed E-state index contributed by atoms with van der Waals surface area (Å²) < 4.78 is 5.67. The van der Waals surface area contributed by atoms with Crippen LogP contribution in [0.1, 0.15) is 24.1 Å². The molecule has 3 rings (SSSR count). The lowest BCUT2D eigenvalue weighted by atomic mass is 9.96. The predicted molar refractivity (Wildman–Crippen MR) is 86.8 cm³/mol. The molecule has 0 spiro atoms. The lowest BCUT2D eigenvalue weighted by Gasteiger charge is -2.24. The van der Waals surface area contributed by atoms with Gasteiger partial charge in [-0.05, 0) is 42.7 Å². The first-order valence-corrected chi connectivity index (χ1v) is 7.50. The second-order valence-electron chi connectivity index (χ2n) is 5.72. The fourth-order valence-corrected chi connectivity index (χ4v) is 2.61. The third-order valence-electron chi connectivity index (χ3n) is 3.95. The van der Waals surface area contributed by atoms with Gasteiger partial charge in [-0.3, -0.25) is 4.79 Å². The SMILES string of the molecule is CC(N)c1ccc(NC(=O)C2COc3ccccc3C2)cc1. The molecule has 0 saturated carbocycles. The number of hydrogen-bond donors (Lipinski definition) is 2. The van der Waals surface area contributed by atoms with E-state index >= 15 is 0 Å². The van der Waals surface area contributed by atoms with Gasteiger partial charge in [-0.2, -0.15) is 0 Å². The molecule has 2 aromatic rings. The molecule has 1 heterocycles. The van der Waals surface area contributed by atoms with E-state index in [1.807, 2.05) is 55.5 Å². The van der Waals surface area contributed by atoms with E-state index in [4.69, 9.17) is 10.5 Å². The molecule has 4 nitrogen and oxygen atoms in total. The number of carbonyl (C=O) groups is 1. The van der Waals surface area contributed by atoms with Crippen LogP contribution in [0.15, 0.2) is 48.5 Å². The molecule has 0 aromatic heterocycles. The van der Waals surface area contributed by atoms with Gasteiger partial charge in [0.15, 0.2) is 0 Å². The highest BCUT2D eigenvalue weighted by Gasteiger charge is 2.25. The summed E-state index contributed by atoms with van der Waals surface area (Å²) in [5, 5.41) is 2.95. The van der Waals surface area contributed by atoms with Crippen LogP contribution in [0.3, 0.4) is 0 Å². The van der Waals surface area contributed by atoms with Crippen molar-refractivity contribution in [3.8, 4) is 5.75 Å². The van der Waals surface area contributed by atoms with Gasteiger partial charge in [0.1, 0.15) is 12.4 Å². The molecule has 0 bridgehead atoms. The van der Waals surface area contributed by atoms with E-state index in [0.29, 0.717) is 13.0 Å². The maximum atomic E-state index is 12.4. The number of nitrogens with one attached hydrogen (secondary N) is 1. The maximum Gasteiger partial charge on any atom is 0.231 e. The molecule has 3 N–H and O–H groups in total. The molecular weight excluding hydrogens is 276 g/mol. The van der Waals surface area contributed by atoms with Crippen molar-refractivity contribution in [2.45, 2.75) is 19.4 Å². The largest absolute Gasteiger partial charge is 0.492 e. The molecular formula is C18H20N2O2. The minimum Gasteiger partial charge on any atom is -0.492 e. The number of ether oxygens (including phenoxy) is 1. The molecule has 114 valence electrons. The molecule has 22 heavy (non-hydrogen) atoms. The quantitative estimate of drug-likeness (QED) is 0.915. The van der Waals surface area contributed by atoms with Crippen molar-refractivity contribution in [3.05, 3.63) is 59.7 Å². The van der Waals surface area contributed by atoms with Gasteiger partial charge in [0, 0.05) is 11.7 Å². The van der Waals surface area contributed by atoms with Gasteiger partial charge < -0.3 is 15.8 Å². The summed E-state index contributed by atoms with van der Waals surface area (Å²) in [5.41, 5.74) is 8.74. The molecule has 1 aliphatic heterocycles. The number of rotatable bonds is 3. The summed E-state index contributed by atoms with van der Waals surface area (Å²) in [6.07, 6.45) is 0.708. The molecule has 0 fully saturated rings. The van der Waals surface area contributed by atoms with Crippen LogP contribution in [0, 0.1) is 5.92 Å². The van der Waals surface area contributed by atoms with Crippen LogP contribution in [0.2, 0.25) is 0 Å². The van der Waals surface area contributed by atoms with Crippen LogP contribution < -0.4 is 15.8 Å². The molecule has 2 unspecified atom stereocenters. The van der Waals surface area contributed by atoms with Crippen molar-refractivity contribution >= 4 is 11.6 Å². The summed E-state index contributed by atoms with van der Waals surface area (Å²) in [7, 11) is 0. The van der Waals surface area contributed by atoms with E-state index in [9.17, 15) is 4.79 Å². The Labute approximate surface area is 130 Å². The summed E-state index contributed by atoms with van der Waals surface area (Å²) >= 11 is 0. The number of anilines is 1. The summed E-state index contributed by atoms with van der Waals surface area (Å²) in [4.78, 5) is 12.4. The Hall–Kier alpha value is -2.33. The lowest BCUT2D eigenvalue weighted by Crippen LogP contribution is -2.32. The number of nitrogens with two attached hydrogens (primary N) is 1. The minimum atomic E-state index is -0.164. The fraction of sp³-hybridized carbons (Fsp3) is 0.278. The zero-order valence-electron chi connectivity index (χ0n) is 12.6. The first-order chi connectivity index (χ1) is 10.6. The maximum absolute atomic E-state index is 12.4. The Morgan fingerprint density at radius 2 is 1.95 bits per heavy atom. The van der Waals surface area contributed by atoms with Gasteiger partial charge in [-0.1, -0.05) is 30.3 Å². The van der Waals surface area contributed by atoms with Gasteiger partial charge in [0.25, 0.3) is 0 Å². The van der Waals surface area contributed by atoms with Gasteiger partial charge in [-0.15, -0.1) is 0 Å². The van der Waals surface area contributed by atoms with Crippen molar-refractivity contribution in [2.24, 2.45) is 11.7 Å². The second-order valence-corrected chi connectivity index (χ2v) is 5.72. The standard InChI is InChI=1S/C18H20N2O2/c1-12(19)13-6-8-16(9-7-13)20-18(21)15-10-14-4-2-3-5-17(14)22-11-15/h2-9,12,15H,10-11,19H2,1H3,(H,20,21). The number of hydrogen-bond acceptors (Lipinski definition) is 3. The summed E-state index contributed by atoms with van der Waals surface area (Å²) in [5.74, 6) is 0.707. The van der Waals surface area contributed by atoms with E-state index in [0.717, 1.165) is 22.6 Å². The molecule has 2 aromatic carbocycles. The molecule has 1 aliphatic rings. The second kappa shape index (κ2) is 6.20. The van der Waals surface area contributed by atoms with Gasteiger partial charge in [0.05, 0.1) is 5.92 Å². The zero-order chi connectivity index (χ0) is 15.5. The highest BCUT2D eigenvalue weighted by atomic mass is 16.5. The average molecular weight is 296 g/mol. The number of fused-ring (bicyclic) bond motifs is 1. The Bertz CT molecular complexity index is 665. The third kappa shape index (κ3) is 3.12. The van der Waals surface area contributed by atoms with Gasteiger partial charge >= 0.3 is 0 Å².